The van der Waals surface area contributed by atoms with E-state index < -0.39 is 0 Å². The van der Waals surface area contributed by atoms with Gasteiger partial charge in [-0.05, 0) is 18.4 Å². The number of carbonyl (C=O) groups excluding carboxylic acids is 1. The van der Waals surface area contributed by atoms with E-state index in [2.05, 4.69) is 10.5 Å². The van der Waals surface area contributed by atoms with Crippen LogP contribution in [0.15, 0.2) is 16.5 Å². The van der Waals surface area contributed by atoms with E-state index in [4.69, 9.17) is 0 Å². The fraction of sp³-hybridized carbons (Fsp3) is 0.250. The first kappa shape index (κ1) is 8.93. The Morgan fingerprint density at radius 2 is 2.50 bits per heavy atom. The molecule has 0 saturated carbocycles. The summed E-state index contributed by atoms with van der Waals surface area (Å²) in [5.74, 6) is -0.154. The molecular formula is C8H10N2OS. The van der Waals surface area contributed by atoms with E-state index in [1.54, 1.807) is 17.6 Å². The monoisotopic (exact) mass is 182 g/mol. The van der Waals surface area contributed by atoms with Gasteiger partial charge in [0.2, 0.25) is 5.91 Å². The Morgan fingerprint density at radius 1 is 1.75 bits per heavy atom. The molecule has 0 aromatic carbocycles. The van der Waals surface area contributed by atoms with Gasteiger partial charge in [-0.25, -0.2) is 5.43 Å². The number of carbonyl (C=O) groups is 1. The third-order valence-corrected chi connectivity index (χ3v) is 2.19. The van der Waals surface area contributed by atoms with E-state index in [-0.39, 0.29) is 5.91 Å². The van der Waals surface area contributed by atoms with Crippen LogP contribution in [0.1, 0.15) is 17.4 Å². The fourth-order valence-electron chi connectivity index (χ4n) is 0.721. The molecule has 64 valence electrons. The smallest absolute Gasteiger partial charge is 0.236 e. The third kappa shape index (κ3) is 2.47. The Hall–Kier alpha value is -1.16. The first-order valence-electron chi connectivity index (χ1n) is 3.54. The predicted molar refractivity (Wildman–Crippen MR) is 50.5 cm³/mol. The highest BCUT2D eigenvalue weighted by Gasteiger charge is 1.94. The van der Waals surface area contributed by atoms with Gasteiger partial charge in [0, 0.05) is 17.4 Å². The summed E-state index contributed by atoms with van der Waals surface area (Å²) in [5.41, 5.74) is 3.40. The molecule has 0 aliphatic carbocycles. The zero-order valence-corrected chi connectivity index (χ0v) is 7.81. The molecule has 3 nitrogen and oxygen atoms in total. The highest BCUT2D eigenvalue weighted by Crippen LogP contribution is 2.12. The van der Waals surface area contributed by atoms with Crippen LogP contribution >= 0.6 is 11.3 Å². The normalized spacial score (nSPS) is 10.5. The van der Waals surface area contributed by atoms with Gasteiger partial charge in [0.1, 0.15) is 0 Å². The Bertz CT molecular complexity index is 304. The Kier molecular flexibility index (Phi) is 2.99. The van der Waals surface area contributed by atoms with Crippen LogP contribution in [0.4, 0.5) is 0 Å². The molecule has 0 radical (unpaired) electrons. The summed E-state index contributed by atoms with van der Waals surface area (Å²) in [6.07, 6.45) is 1.65. The van der Waals surface area contributed by atoms with Crippen LogP contribution in [-0.4, -0.2) is 12.1 Å². The summed E-state index contributed by atoms with van der Waals surface area (Å²) in [6.45, 7) is 3.44. The summed E-state index contributed by atoms with van der Waals surface area (Å²) >= 11 is 1.66. The van der Waals surface area contributed by atoms with Crippen molar-refractivity contribution in [2.75, 3.05) is 0 Å². The van der Waals surface area contributed by atoms with Gasteiger partial charge in [0.25, 0.3) is 0 Å². The molecule has 12 heavy (non-hydrogen) atoms. The van der Waals surface area contributed by atoms with Gasteiger partial charge in [-0.15, -0.1) is 11.3 Å². The van der Waals surface area contributed by atoms with Gasteiger partial charge in [0.15, 0.2) is 0 Å². The highest BCUT2D eigenvalue weighted by atomic mass is 32.1. The number of hydrazone groups is 1. The minimum absolute atomic E-state index is 0.154. The number of nitrogens with zero attached hydrogens (tertiary/aromatic N) is 1. The predicted octanol–water partition coefficient (Wildman–Crippen LogP) is 1.53. The second-order valence-corrected chi connectivity index (χ2v) is 3.48. The quantitative estimate of drug-likeness (QED) is 0.547. The van der Waals surface area contributed by atoms with Crippen molar-refractivity contribution in [1.82, 2.24) is 5.43 Å². The van der Waals surface area contributed by atoms with Gasteiger partial charge in [-0.3, -0.25) is 4.79 Å². The van der Waals surface area contributed by atoms with Gasteiger partial charge in [-0.2, -0.15) is 5.10 Å². The largest absolute Gasteiger partial charge is 0.274 e. The number of amides is 1. The molecule has 1 heterocycles. The third-order valence-electron chi connectivity index (χ3n) is 1.32. The van der Waals surface area contributed by atoms with E-state index >= 15 is 0 Å². The number of rotatable bonds is 2. The van der Waals surface area contributed by atoms with Crippen molar-refractivity contribution in [3.63, 3.8) is 0 Å². The van der Waals surface area contributed by atoms with E-state index in [1.165, 1.54) is 11.8 Å². The maximum atomic E-state index is 10.4. The lowest BCUT2D eigenvalue weighted by atomic mass is 10.3. The number of hydrogen-bond donors (Lipinski definition) is 1. The summed E-state index contributed by atoms with van der Waals surface area (Å²) in [6, 6.07) is 1.96. The van der Waals surface area contributed by atoms with Crippen molar-refractivity contribution in [1.29, 1.82) is 0 Å². The molecule has 1 N–H and O–H groups in total. The molecule has 0 bridgehead atoms. The lowest BCUT2D eigenvalue weighted by Crippen LogP contribution is -2.12. The minimum Gasteiger partial charge on any atom is -0.274 e. The zero-order valence-electron chi connectivity index (χ0n) is 7.00. The first-order valence-corrected chi connectivity index (χ1v) is 4.42. The summed E-state index contributed by atoms with van der Waals surface area (Å²) in [7, 11) is 0. The average Bonchev–Trinajstić information content (AvgIpc) is 2.36. The maximum absolute atomic E-state index is 10.4. The lowest BCUT2D eigenvalue weighted by molar-refractivity contribution is -0.118. The van der Waals surface area contributed by atoms with E-state index in [9.17, 15) is 4.79 Å². The first-order chi connectivity index (χ1) is 5.70. The molecule has 0 unspecified atom stereocenters. The van der Waals surface area contributed by atoms with Crippen molar-refractivity contribution in [2.45, 2.75) is 13.8 Å². The molecule has 0 spiro atoms. The molecule has 1 aromatic heterocycles. The molecule has 0 atom stereocenters. The van der Waals surface area contributed by atoms with Gasteiger partial charge in [0.05, 0.1) is 6.21 Å². The van der Waals surface area contributed by atoms with Crippen LogP contribution in [0.3, 0.4) is 0 Å². The second kappa shape index (κ2) is 4.01. The van der Waals surface area contributed by atoms with E-state index in [0.29, 0.717) is 0 Å². The number of hydrogen-bond acceptors (Lipinski definition) is 3. The molecule has 0 fully saturated rings. The van der Waals surface area contributed by atoms with Gasteiger partial charge in [-0.1, -0.05) is 0 Å². The van der Waals surface area contributed by atoms with Gasteiger partial charge >= 0.3 is 0 Å². The van der Waals surface area contributed by atoms with Crippen LogP contribution in [0.25, 0.3) is 0 Å². The van der Waals surface area contributed by atoms with Crippen LogP contribution in [0.5, 0.6) is 0 Å². The molecular weight excluding hydrogens is 172 g/mol. The van der Waals surface area contributed by atoms with Crippen molar-refractivity contribution in [3.8, 4) is 0 Å². The number of thiophene rings is 1. The Balaban J connectivity index is 2.57. The molecule has 0 aliphatic heterocycles. The fourth-order valence-corrected chi connectivity index (χ4v) is 1.40. The second-order valence-electron chi connectivity index (χ2n) is 2.36. The van der Waals surface area contributed by atoms with Crippen molar-refractivity contribution in [2.24, 2.45) is 5.10 Å². The molecule has 4 heteroatoms. The van der Waals surface area contributed by atoms with Crippen LogP contribution < -0.4 is 5.43 Å². The molecule has 1 aromatic rings. The van der Waals surface area contributed by atoms with Crippen LogP contribution in [0, 0.1) is 6.92 Å². The topological polar surface area (TPSA) is 41.5 Å². The molecule has 1 amide bonds. The molecule has 0 saturated heterocycles. The average molecular weight is 182 g/mol. The number of nitrogens with one attached hydrogen (secondary N) is 1. The van der Waals surface area contributed by atoms with Crippen LogP contribution in [-0.2, 0) is 4.79 Å². The summed E-state index contributed by atoms with van der Waals surface area (Å²) < 4.78 is 0. The maximum Gasteiger partial charge on any atom is 0.236 e. The van der Waals surface area contributed by atoms with Crippen molar-refractivity contribution < 1.29 is 4.79 Å². The number of aryl methyl sites for hydroxylation is 1. The Labute approximate surface area is 75.1 Å². The van der Waals surface area contributed by atoms with Crippen molar-refractivity contribution in [3.05, 3.63) is 21.9 Å². The standard InChI is InChI=1S/C8H10N2OS/c1-6-8(3-4-12-6)5-9-10-7(2)11/h3-5H,1-2H3,(H,10,11)/b9-5-. The summed E-state index contributed by atoms with van der Waals surface area (Å²) in [4.78, 5) is 11.6. The lowest BCUT2D eigenvalue weighted by Gasteiger charge is -1.90. The SMILES string of the molecule is CC(=O)N/N=C\c1ccsc1C. The zero-order chi connectivity index (χ0) is 8.97. The van der Waals surface area contributed by atoms with Crippen molar-refractivity contribution >= 4 is 23.5 Å². The van der Waals surface area contributed by atoms with Gasteiger partial charge < -0.3 is 0 Å². The molecule has 1 rings (SSSR count). The Morgan fingerprint density at radius 3 is 3.00 bits per heavy atom. The summed E-state index contributed by atoms with van der Waals surface area (Å²) in [5, 5.41) is 5.75. The van der Waals surface area contributed by atoms with Crippen LogP contribution in [0.2, 0.25) is 0 Å². The van der Waals surface area contributed by atoms with E-state index in [1.807, 2.05) is 18.4 Å². The van der Waals surface area contributed by atoms with E-state index in [0.717, 1.165) is 5.56 Å². The minimum atomic E-state index is -0.154. The molecule has 0 aliphatic rings. The highest BCUT2D eigenvalue weighted by molar-refractivity contribution is 7.10.